The van der Waals surface area contributed by atoms with Gasteiger partial charge in [-0.25, -0.2) is 5.43 Å². The molecule has 1 amide bonds. The van der Waals surface area contributed by atoms with Crippen LogP contribution in [-0.2, 0) is 0 Å². The Labute approximate surface area is 191 Å². The normalized spacial score (nSPS) is 11.4. The van der Waals surface area contributed by atoms with E-state index in [1.54, 1.807) is 18.2 Å². The molecule has 5 rings (SSSR count). The van der Waals surface area contributed by atoms with Crippen LogP contribution in [-0.4, -0.2) is 17.0 Å². The smallest absolute Gasteiger partial charge is 0.307 e. The van der Waals surface area contributed by atoms with E-state index in [1.807, 2.05) is 36.4 Å². The number of hydrazone groups is 1. The summed E-state index contributed by atoms with van der Waals surface area (Å²) < 4.78 is 11.3. The number of fused-ring (bicyclic) bond motifs is 3. The monoisotopic (exact) mass is 459 g/mol. The van der Waals surface area contributed by atoms with Gasteiger partial charge in [0.15, 0.2) is 5.76 Å². The van der Waals surface area contributed by atoms with Crippen LogP contribution in [0.5, 0.6) is 0 Å². The topological polar surface area (TPSA) is 111 Å². The third-order valence-corrected chi connectivity index (χ3v) is 5.29. The molecule has 1 N–H and O–H groups in total. The van der Waals surface area contributed by atoms with Crippen LogP contribution < -0.4 is 5.43 Å². The van der Waals surface area contributed by atoms with Crippen LogP contribution in [0.15, 0.2) is 86.7 Å². The molecule has 0 bridgehead atoms. The second-order valence-electron chi connectivity index (χ2n) is 7.13. The van der Waals surface area contributed by atoms with Gasteiger partial charge in [0, 0.05) is 16.5 Å². The molecule has 0 aliphatic rings. The van der Waals surface area contributed by atoms with Crippen LogP contribution in [0.2, 0.25) is 5.02 Å². The molecule has 9 heteroatoms. The van der Waals surface area contributed by atoms with E-state index in [0.717, 1.165) is 16.2 Å². The van der Waals surface area contributed by atoms with Crippen molar-refractivity contribution >= 4 is 51.2 Å². The van der Waals surface area contributed by atoms with Crippen LogP contribution in [0.1, 0.15) is 16.3 Å². The molecule has 2 heterocycles. The molecule has 0 fully saturated rings. The molecule has 8 nitrogen and oxygen atoms in total. The summed E-state index contributed by atoms with van der Waals surface area (Å²) in [6.07, 6.45) is 1.29. The van der Waals surface area contributed by atoms with Crippen LogP contribution in [0.3, 0.4) is 0 Å². The summed E-state index contributed by atoms with van der Waals surface area (Å²) in [5.74, 6) is 0.169. The first-order valence-electron chi connectivity index (χ1n) is 9.78. The lowest BCUT2D eigenvalue weighted by Crippen LogP contribution is -2.16. The van der Waals surface area contributed by atoms with Crippen LogP contribution in [0, 0.1) is 10.1 Å². The van der Waals surface area contributed by atoms with Gasteiger partial charge in [0.2, 0.25) is 0 Å². The molecule has 0 unspecified atom stereocenters. The number of carbonyl (C=O) groups is 1. The van der Waals surface area contributed by atoms with Gasteiger partial charge < -0.3 is 8.83 Å². The Bertz CT molecular complexity index is 1570. The number of nitro benzene ring substituents is 1. The van der Waals surface area contributed by atoms with Crippen molar-refractivity contribution in [1.82, 2.24) is 5.43 Å². The lowest BCUT2D eigenvalue weighted by Gasteiger charge is -2.00. The van der Waals surface area contributed by atoms with E-state index < -0.39 is 10.8 Å². The Morgan fingerprint density at radius 2 is 1.85 bits per heavy atom. The van der Waals surface area contributed by atoms with E-state index in [4.69, 9.17) is 20.4 Å². The third-order valence-electron chi connectivity index (χ3n) is 5.06. The lowest BCUT2D eigenvalue weighted by molar-refractivity contribution is -0.384. The molecule has 162 valence electrons. The number of hydrogen-bond acceptors (Lipinski definition) is 6. The first-order chi connectivity index (χ1) is 16.0. The predicted molar refractivity (Wildman–Crippen MR) is 125 cm³/mol. The van der Waals surface area contributed by atoms with Gasteiger partial charge in [-0.2, -0.15) is 5.10 Å². The number of benzene rings is 3. The molecule has 33 heavy (non-hydrogen) atoms. The summed E-state index contributed by atoms with van der Waals surface area (Å²) in [6.45, 7) is 0. The molecular formula is C24H14ClN3O5. The van der Waals surface area contributed by atoms with Gasteiger partial charge >= 0.3 is 5.91 Å². The van der Waals surface area contributed by atoms with Gasteiger partial charge in [-0.3, -0.25) is 14.9 Å². The molecule has 5 aromatic rings. The lowest BCUT2D eigenvalue weighted by atomic mass is 10.1. The van der Waals surface area contributed by atoms with Gasteiger partial charge in [0.25, 0.3) is 5.69 Å². The standard InChI is InChI=1S/C24H14ClN3O5/c25-15-6-8-18(20(11-15)28(30)31)21-10-7-16(32-21)13-26-27-24(29)23-12-19-17-4-2-1-3-14(17)5-9-22(19)33-23/h1-13H,(H,27,29)/b26-13-. The first-order valence-corrected chi connectivity index (χ1v) is 10.2. The Morgan fingerprint density at radius 1 is 1.00 bits per heavy atom. The summed E-state index contributed by atoms with van der Waals surface area (Å²) >= 11 is 5.85. The summed E-state index contributed by atoms with van der Waals surface area (Å²) in [7, 11) is 0. The van der Waals surface area contributed by atoms with Gasteiger partial charge in [-0.05, 0) is 47.2 Å². The third kappa shape index (κ3) is 3.95. The van der Waals surface area contributed by atoms with E-state index in [1.165, 1.54) is 24.4 Å². The molecule has 0 saturated carbocycles. The molecule has 2 aromatic heterocycles. The van der Waals surface area contributed by atoms with Crippen molar-refractivity contribution in [3.8, 4) is 11.3 Å². The number of halogens is 1. The number of rotatable bonds is 5. The summed E-state index contributed by atoms with van der Waals surface area (Å²) in [5.41, 5.74) is 3.10. The van der Waals surface area contributed by atoms with Crippen LogP contribution >= 0.6 is 11.6 Å². The summed E-state index contributed by atoms with van der Waals surface area (Å²) in [4.78, 5) is 23.2. The first kappa shape index (κ1) is 20.5. The van der Waals surface area contributed by atoms with Gasteiger partial charge in [0.05, 0.1) is 16.7 Å². The Morgan fingerprint density at radius 3 is 2.70 bits per heavy atom. The minimum absolute atomic E-state index is 0.121. The van der Waals surface area contributed by atoms with E-state index in [9.17, 15) is 14.9 Å². The molecule has 0 aliphatic carbocycles. The highest BCUT2D eigenvalue weighted by Gasteiger charge is 2.18. The molecule has 0 radical (unpaired) electrons. The van der Waals surface area contributed by atoms with E-state index in [0.29, 0.717) is 11.3 Å². The van der Waals surface area contributed by atoms with E-state index in [-0.39, 0.29) is 27.8 Å². The number of nitro groups is 1. The zero-order valence-corrected chi connectivity index (χ0v) is 17.6. The highest BCUT2D eigenvalue weighted by atomic mass is 35.5. The molecule has 0 atom stereocenters. The van der Waals surface area contributed by atoms with Crippen molar-refractivity contribution in [2.24, 2.45) is 5.10 Å². The SMILES string of the molecule is O=C(N/N=C\c1ccc(-c2ccc(Cl)cc2[N+](=O)[O-])o1)c1cc2c(ccc3ccccc32)o1. The maximum Gasteiger partial charge on any atom is 0.307 e. The van der Waals surface area contributed by atoms with Crippen molar-refractivity contribution in [1.29, 1.82) is 0 Å². The van der Waals surface area contributed by atoms with E-state index >= 15 is 0 Å². The minimum atomic E-state index is -0.533. The maximum absolute atomic E-state index is 12.5. The zero-order valence-electron chi connectivity index (χ0n) is 16.8. The average molecular weight is 460 g/mol. The summed E-state index contributed by atoms with van der Waals surface area (Å²) in [5, 5.41) is 18.3. The number of furan rings is 2. The Balaban J connectivity index is 1.34. The largest absolute Gasteiger partial charge is 0.455 e. The molecule has 0 saturated heterocycles. The number of hydrogen-bond donors (Lipinski definition) is 1. The Hall–Kier alpha value is -4.43. The highest BCUT2D eigenvalue weighted by Crippen LogP contribution is 2.33. The van der Waals surface area contributed by atoms with Gasteiger partial charge in [-0.15, -0.1) is 0 Å². The fourth-order valence-electron chi connectivity index (χ4n) is 3.55. The molecule has 3 aromatic carbocycles. The number of nitrogens with one attached hydrogen (secondary N) is 1. The van der Waals surface area contributed by atoms with Gasteiger partial charge in [-0.1, -0.05) is 41.9 Å². The summed E-state index contributed by atoms with van der Waals surface area (Å²) in [6, 6.07) is 20.7. The minimum Gasteiger partial charge on any atom is -0.455 e. The quantitative estimate of drug-likeness (QED) is 0.192. The van der Waals surface area contributed by atoms with E-state index in [2.05, 4.69) is 10.5 Å². The maximum atomic E-state index is 12.5. The van der Waals surface area contributed by atoms with Gasteiger partial charge in [0.1, 0.15) is 17.1 Å². The Kier molecular flexibility index (Phi) is 5.12. The van der Waals surface area contributed by atoms with Crippen molar-refractivity contribution in [3.05, 3.63) is 99.5 Å². The predicted octanol–water partition coefficient (Wildman–Crippen LogP) is 6.17. The number of amides is 1. The molecule has 0 aliphatic heterocycles. The van der Waals surface area contributed by atoms with Crippen molar-refractivity contribution < 1.29 is 18.6 Å². The van der Waals surface area contributed by atoms with Crippen molar-refractivity contribution in [2.45, 2.75) is 0 Å². The number of carbonyl (C=O) groups excluding carboxylic acids is 1. The second kappa shape index (κ2) is 8.25. The van der Waals surface area contributed by atoms with Crippen molar-refractivity contribution in [2.75, 3.05) is 0 Å². The second-order valence-corrected chi connectivity index (χ2v) is 7.57. The fraction of sp³-hybridized carbons (Fsp3) is 0. The molecular weight excluding hydrogens is 446 g/mol. The van der Waals surface area contributed by atoms with Crippen LogP contribution in [0.4, 0.5) is 5.69 Å². The zero-order chi connectivity index (χ0) is 22.9. The fourth-order valence-corrected chi connectivity index (χ4v) is 3.71. The highest BCUT2D eigenvalue weighted by molar-refractivity contribution is 6.30. The number of nitrogens with zero attached hydrogens (tertiary/aromatic N) is 2. The van der Waals surface area contributed by atoms with Crippen molar-refractivity contribution in [3.63, 3.8) is 0 Å². The molecule has 0 spiro atoms. The average Bonchev–Trinajstić information content (AvgIpc) is 3.46. The van der Waals surface area contributed by atoms with Crippen LogP contribution in [0.25, 0.3) is 33.1 Å².